The van der Waals surface area contributed by atoms with Gasteiger partial charge in [0.15, 0.2) is 23.6 Å². The number of esters is 4. The van der Waals surface area contributed by atoms with E-state index in [1.54, 1.807) is 99.7 Å². The third kappa shape index (κ3) is 11.1. The Morgan fingerprint density at radius 1 is 0.986 bits per heavy atom. The molecule has 1 amide bonds. The summed E-state index contributed by atoms with van der Waals surface area (Å²) in [6.45, 7) is 27.1. The molecule has 4 aliphatic rings. The van der Waals surface area contributed by atoms with Crippen LogP contribution in [-0.2, 0) is 52.0 Å². The minimum Gasteiger partial charge on any atom is -0.467 e. The fraction of sp³-hybridized carbons (Fsp3) is 0.704. The Morgan fingerprint density at radius 2 is 1.65 bits per heavy atom. The van der Waals surface area contributed by atoms with E-state index in [1.807, 2.05) is 13.2 Å². The molecule has 0 spiro atoms. The number of ether oxygens (including phenoxy) is 6. The second-order valence-corrected chi connectivity index (χ2v) is 32.2. The number of nitrogens with one attached hydrogen (secondary N) is 1. The van der Waals surface area contributed by atoms with E-state index in [4.69, 9.17) is 37.3 Å². The number of aliphatic hydroxyl groups is 1. The average molecular weight is 1110 g/mol. The van der Waals surface area contributed by atoms with Crippen LogP contribution >= 0.6 is 32.9 Å². The van der Waals surface area contributed by atoms with Gasteiger partial charge in [0.25, 0.3) is 0 Å². The molecule has 2 bridgehead atoms. The van der Waals surface area contributed by atoms with Crippen LogP contribution < -0.4 is 5.32 Å². The van der Waals surface area contributed by atoms with Gasteiger partial charge in [-0.3, -0.25) is 14.4 Å². The van der Waals surface area contributed by atoms with Gasteiger partial charge in [0.2, 0.25) is 8.32 Å². The van der Waals surface area contributed by atoms with Crippen molar-refractivity contribution >= 4 is 77.0 Å². The number of Topliss-reactive ketones (excluding diaryl/α,β-unsaturated/α-hetero) is 1. The van der Waals surface area contributed by atoms with Gasteiger partial charge in [-0.15, -0.1) is 11.3 Å². The lowest BCUT2D eigenvalue weighted by Gasteiger charge is -2.68. The molecule has 3 aliphatic carbocycles. The number of alkyl carbamates (subject to hydrolysis) is 1. The predicted molar refractivity (Wildman–Crippen MR) is 286 cm³/mol. The maximum Gasteiger partial charge on any atom is 0.408 e. The highest BCUT2D eigenvalue weighted by molar-refractivity contribution is 8.76. The first-order chi connectivity index (χ1) is 34.4. The van der Waals surface area contributed by atoms with Crippen molar-refractivity contribution in [2.24, 2.45) is 22.7 Å². The number of hydrogen-bond acceptors (Lipinski definition) is 18. The molecule has 2 aromatic rings. The van der Waals surface area contributed by atoms with Crippen molar-refractivity contribution in [2.75, 3.05) is 18.6 Å². The Kier molecular flexibility index (Phi) is 18.3. The molecule has 1 aliphatic heterocycles. The first kappa shape index (κ1) is 59.6. The van der Waals surface area contributed by atoms with Crippen LogP contribution in [0.2, 0.25) is 16.6 Å². The molecule has 74 heavy (non-hydrogen) atoms. The standard InChI is InChI=1S/C54H79NO15S3Si/c1-29(2)74(30(3)4,31(5)6)70-43(41(35-20-17-23-63-35)55-49(61)69-50(10,11)12)48(60)65-36-27-54(62)46(67-47(59)37-21-18-24-72-37)44-52(15,32(7)26-38-53(44,28-64-38)68-34(9)56)45(58)42(40(33(36)8)51(54,13)14)66-39(57)22-19-25-73-71-16/h17-18,20-21,23-24,29-32,36,38,41-44,46,62H,19,22,25-28H2,1-16H3,(H,55,61)/t32-,36-,38+,41-,42+,43+,44-,46-,52+,53-,54+/m0/s1. The zero-order chi connectivity index (χ0) is 55.1. The number of fused-ring (bicyclic) bond motifs is 5. The summed E-state index contributed by atoms with van der Waals surface area (Å²) in [5.41, 5.74) is -7.72. The van der Waals surface area contributed by atoms with Crippen molar-refractivity contribution in [3.63, 3.8) is 0 Å². The SMILES string of the molecule is CSSCCCC(=O)O[C@H]1C(=O)[C@@]2(C)[C@H]([C@H](OC(=O)c3cccs3)[C@]3(O)C[C@H](OC(=O)[C@H](O[Si](C(C)C)(C(C)C)C(C)C)[C@@H](NC(=O)OC(C)(C)C)c4ccco4)C(C)=C1C3(C)C)[C@]1(OC(C)=O)CO[C@@H]1C[C@@H]2C. The van der Waals surface area contributed by atoms with Crippen molar-refractivity contribution in [1.82, 2.24) is 5.32 Å². The van der Waals surface area contributed by atoms with Crippen molar-refractivity contribution in [3.05, 3.63) is 57.7 Å². The third-order valence-electron chi connectivity index (χ3n) is 16.4. The van der Waals surface area contributed by atoms with E-state index < -0.39 is 127 Å². The summed E-state index contributed by atoms with van der Waals surface area (Å²) in [5.74, 6) is -4.70. The molecule has 2 aromatic heterocycles. The molecule has 412 valence electrons. The summed E-state index contributed by atoms with van der Waals surface area (Å²) < 4.78 is 51.4. The average Bonchev–Trinajstić information content (AvgIpc) is 4.04. The fourth-order valence-electron chi connectivity index (χ4n) is 12.8. The van der Waals surface area contributed by atoms with Crippen LogP contribution in [0, 0.1) is 22.7 Å². The van der Waals surface area contributed by atoms with E-state index in [2.05, 4.69) is 46.9 Å². The molecule has 2 saturated carbocycles. The van der Waals surface area contributed by atoms with Crippen molar-refractivity contribution in [3.8, 4) is 0 Å². The lowest BCUT2D eigenvalue weighted by Crippen LogP contribution is -2.80. The molecule has 3 heterocycles. The molecular formula is C54H79NO15S3Si. The van der Waals surface area contributed by atoms with Gasteiger partial charge in [0.05, 0.1) is 18.8 Å². The van der Waals surface area contributed by atoms with E-state index in [9.17, 15) is 24.3 Å². The highest BCUT2D eigenvalue weighted by atomic mass is 33.1. The lowest BCUT2D eigenvalue weighted by atomic mass is 9.43. The molecule has 6 rings (SSSR count). The summed E-state index contributed by atoms with van der Waals surface area (Å²) in [6.07, 6.45) is -4.33. The second-order valence-electron chi connectivity index (χ2n) is 23.1. The highest BCUT2D eigenvalue weighted by Gasteiger charge is 2.78. The lowest BCUT2D eigenvalue weighted by molar-refractivity contribution is -0.340. The molecule has 3 fully saturated rings. The first-order valence-corrected chi connectivity index (χ1v) is 31.5. The molecule has 16 nitrogen and oxygen atoms in total. The molecule has 0 aromatic carbocycles. The number of ketones is 1. The number of carbonyl (C=O) groups is 6. The normalized spacial score (nSPS) is 29.5. The van der Waals surface area contributed by atoms with Crippen LogP contribution in [0.5, 0.6) is 0 Å². The molecule has 11 atom stereocenters. The largest absolute Gasteiger partial charge is 0.467 e. The van der Waals surface area contributed by atoms with Crippen LogP contribution in [0.15, 0.2) is 51.5 Å². The molecule has 0 unspecified atom stereocenters. The predicted octanol–water partition coefficient (Wildman–Crippen LogP) is 10.7. The Balaban J connectivity index is 1.62. The maximum absolute atomic E-state index is 16.3. The van der Waals surface area contributed by atoms with E-state index in [0.29, 0.717) is 17.7 Å². The van der Waals surface area contributed by atoms with Crippen molar-refractivity contribution in [2.45, 2.75) is 200 Å². The van der Waals surface area contributed by atoms with Crippen LogP contribution in [-0.4, -0.2) is 115 Å². The summed E-state index contributed by atoms with van der Waals surface area (Å²) in [6, 6.07) is 5.20. The van der Waals surface area contributed by atoms with Gasteiger partial charge in [-0.2, -0.15) is 0 Å². The molecule has 0 radical (unpaired) electrons. The van der Waals surface area contributed by atoms with Crippen LogP contribution in [0.1, 0.15) is 151 Å². The number of thiophene rings is 1. The number of carbonyl (C=O) groups excluding carboxylic acids is 6. The summed E-state index contributed by atoms with van der Waals surface area (Å²) in [4.78, 5) is 88.3. The maximum atomic E-state index is 16.3. The molecule has 2 N–H and O–H groups in total. The number of furan rings is 1. The minimum atomic E-state index is -3.07. The van der Waals surface area contributed by atoms with Crippen molar-refractivity contribution in [1.29, 1.82) is 0 Å². The molecule has 20 heteroatoms. The van der Waals surface area contributed by atoms with Crippen LogP contribution in [0.4, 0.5) is 4.79 Å². The number of amides is 1. The van der Waals surface area contributed by atoms with Crippen molar-refractivity contribution < 1.29 is 71.1 Å². The van der Waals surface area contributed by atoms with Crippen LogP contribution in [0.25, 0.3) is 0 Å². The Hall–Kier alpha value is -3.66. The van der Waals surface area contributed by atoms with Crippen LogP contribution in [0.3, 0.4) is 0 Å². The monoisotopic (exact) mass is 1110 g/mol. The molecule has 1 saturated heterocycles. The quantitative estimate of drug-likeness (QED) is 0.0334. The van der Waals surface area contributed by atoms with E-state index in [0.717, 1.165) is 11.3 Å². The van der Waals surface area contributed by atoms with Gasteiger partial charge in [-0.05, 0) is 104 Å². The van der Waals surface area contributed by atoms with Gasteiger partial charge in [-0.1, -0.05) is 96.9 Å². The second kappa shape index (κ2) is 22.7. The Bertz CT molecular complexity index is 2380. The minimum absolute atomic E-state index is 0.0259. The summed E-state index contributed by atoms with van der Waals surface area (Å²) in [5, 5.41) is 18.8. The smallest absolute Gasteiger partial charge is 0.408 e. The summed E-state index contributed by atoms with van der Waals surface area (Å²) >= 11 is 1.12. The topological polar surface area (TPSA) is 212 Å². The number of rotatable bonds is 19. The van der Waals surface area contributed by atoms with E-state index in [1.165, 1.54) is 13.2 Å². The van der Waals surface area contributed by atoms with Gasteiger partial charge in [0.1, 0.15) is 46.2 Å². The van der Waals surface area contributed by atoms with Gasteiger partial charge in [-0.25, -0.2) is 14.4 Å². The Morgan fingerprint density at radius 3 is 2.18 bits per heavy atom. The Labute approximate surface area is 449 Å². The zero-order valence-corrected chi connectivity index (χ0v) is 49.4. The van der Waals surface area contributed by atoms with E-state index >= 15 is 9.59 Å². The zero-order valence-electron chi connectivity index (χ0n) is 45.9. The fourth-order valence-corrected chi connectivity index (χ4v) is 20.2. The van der Waals surface area contributed by atoms with Gasteiger partial charge in [0, 0.05) is 36.3 Å². The summed E-state index contributed by atoms with van der Waals surface area (Å²) in [7, 11) is 0.0749. The van der Waals surface area contributed by atoms with Gasteiger partial charge >= 0.3 is 30.0 Å². The number of hydrogen-bond donors (Lipinski definition) is 2. The highest BCUT2D eigenvalue weighted by Crippen LogP contribution is 2.66. The first-order valence-electron chi connectivity index (χ1n) is 25.7. The van der Waals surface area contributed by atoms with E-state index in [-0.39, 0.29) is 52.3 Å². The third-order valence-corrected chi connectivity index (χ3v) is 25.2. The van der Waals surface area contributed by atoms with Gasteiger partial charge < -0.3 is 47.7 Å². The molecular weight excluding hydrogens is 1030 g/mol.